The van der Waals surface area contributed by atoms with E-state index in [2.05, 4.69) is 4.98 Å². The van der Waals surface area contributed by atoms with Crippen molar-refractivity contribution in [3.63, 3.8) is 0 Å². The van der Waals surface area contributed by atoms with Crippen molar-refractivity contribution < 1.29 is 13.6 Å². The number of hydrogen-bond acceptors (Lipinski definition) is 3. The molecule has 2 rings (SSSR count). The van der Waals surface area contributed by atoms with Gasteiger partial charge in [-0.3, -0.25) is 0 Å². The predicted molar refractivity (Wildman–Crippen MR) is 56.3 cm³/mol. The number of carbonyl (C=O) groups excluding carboxylic acids is 1. The van der Waals surface area contributed by atoms with Crippen LogP contribution in [0.1, 0.15) is 12.2 Å². The lowest BCUT2D eigenvalue weighted by molar-refractivity contribution is -0.107. The SMILES string of the molecule is O=CCCc1ccc(-c2ccc(F)nc2)o1. The molecule has 0 aliphatic rings. The van der Waals surface area contributed by atoms with Crippen molar-refractivity contribution in [3.05, 3.63) is 42.2 Å². The minimum absolute atomic E-state index is 0.439. The second kappa shape index (κ2) is 4.70. The fourth-order valence-electron chi connectivity index (χ4n) is 1.39. The lowest BCUT2D eigenvalue weighted by Crippen LogP contribution is -1.83. The van der Waals surface area contributed by atoms with Gasteiger partial charge < -0.3 is 9.21 Å². The first-order valence-electron chi connectivity index (χ1n) is 4.94. The Kier molecular flexibility index (Phi) is 3.10. The second-order valence-electron chi connectivity index (χ2n) is 3.34. The Hall–Kier alpha value is -1.97. The van der Waals surface area contributed by atoms with E-state index in [0.29, 0.717) is 18.6 Å². The van der Waals surface area contributed by atoms with Gasteiger partial charge in [0, 0.05) is 24.6 Å². The Bertz CT molecular complexity index is 476. The van der Waals surface area contributed by atoms with Gasteiger partial charge in [-0.1, -0.05) is 0 Å². The lowest BCUT2D eigenvalue weighted by atomic mass is 10.2. The van der Waals surface area contributed by atoms with Gasteiger partial charge >= 0.3 is 0 Å². The first kappa shape index (κ1) is 10.5. The summed E-state index contributed by atoms with van der Waals surface area (Å²) in [5.74, 6) is 0.858. The molecule has 0 fully saturated rings. The van der Waals surface area contributed by atoms with Gasteiger partial charge in [-0.25, -0.2) is 4.98 Å². The summed E-state index contributed by atoms with van der Waals surface area (Å²) < 4.78 is 18.1. The standard InChI is InChI=1S/C12H10FNO2/c13-12-6-3-9(8-14-12)11-5-4-10(16-11)2-1-7-15/h3-8H,1-2H2. The molecule has 2 aromatic heterocycles. The maximum Gasteiger partial charge on any atom is 0.212 e. The zero-order valence-corrected chi connectivity index (χ0v) is 8.52. The lowest BCUT2D eigenvalue weighted by Gasteiger charge is -1.95. The molecule has 0 bridgehead atoms. The van der Waals surface area contributed by atoms with Gasteiger partial charge in [-0.2, -0.15) is 4.39 Å². The van der Waals surface area contributed by atoms with Crippen molar-refractivity contribution in [2.45, 2.75) is 12.8 Å². The Balaban J connectivity index is 2.17. The molecule has 0 aliphatic carbocycles. The average Bonchev–Trinajstić information content (AvgIpc) is 2.76. The molecule has 0 unspecified atom stereocenters. The van der Waals surface area contributed by atoms with Crippen molar-refractivity contribution >= 4 is 6.29 Å². The van der Waals surface area contributed by atoms with Crippen LogP contribution in [0.5, 0.6) is 0 Å². The van der Waals surface area contributed by atoms with Crippen LogP contribution in [-0.2, 0) is 11.2 Å². The van der Waals surface area contributed by atoms with Crippen LogP contribution in [0.3, 0.4) is 0 Å². The number of carbonyl (C=O) groups is 1. The van der Waals surface area contributed by atoms with Crippen LogP contribution in [-0.4, -0.2) is 11.3 Å². The summed E-state index contributed by atoms with van der Waals surface area (Å²) in [5.41, 5.74) is 0.721. The third-order valence-corrected chi connectivity index (χ3v) is 2.18. The van der Waals surface area contributed by atoms with Gasteiger partial charge in [0.1, 0.15) is 17.8 Å². The number of halogens is 1. The summed E-state index contributed by atoms with van der Waals surface area (Å²) in [4.78, 5) is 13.7. The molecule has 82 valence electrons. The number of furan rings is 1. The minimum Gasteiger partial charge on any atom is -0.461 e. The molecule has 16 heavy (non-hydrogen) atoms. The highest BCUT2D eigenvalue weighted by atomic mass is 19.1. The number of pyridine rings is 1. The molecule has 4 heteroatoms. The van der Waals surface area contributed by atoms with E-state index in [1.807, 2.05) is 6.07 Å². The third-order valence-electron chi connectivity index (χ3n) is 2.18. The molecule has 0 aromatic carbocycles. The Morgan fingerprint density at radius 3 is 2.88 bits per heavy atom. The first-order valence-corrected chi connectivity index (χ1v) is 4.94. The van der Waals surface area contributed by atoms with Gasteiger partial charge in [0.25, 0.3) is 0 Å². The van der Waals surface area contributed by atoms with E-state index in [1.54, 1.807) is 12.1 Å². The van der Waals surface area contributed by atoms with Crippen LogP contribution in [0.4, 0.5) is 4.39 Å². The summed E-state index contributed by atoms with van der Waals surface area (Å²) >= 11 is 0. The summed E-state index contributed by atoms with van der Waals surface area (Å²) in [6, 6.07) is 6.48. The topological polar surface area (TPSA) is 43.1 Å². The molecule has 0 saturated carbocycles. The van der Waals surface area contributed by atoms with Gasteiger partial charge in [0.2, 0.25) is 5.95 Å². The molecule has 2 heterocycles. The van der Waals surface area contributed by atoms with E-state index < -0.39 is 5.95 Å². The molecule has 0 saturated heterocycles. The summed E-state index contributed by atoms with van der Waals surface area (Å²) in [6.45, 7) is 0. The fourth-order valence-corrected chi connectivity index (χ4v) is 1.39. The quantitative estimate of drug-likeness (QED) is 0.586. The monoisotopic (exact) mass is 219 g/mol. The highest BCUT2D eigenvalue weighted by molar-refractivity contribution is 5.56. The largest absolute Gasteiger partial charge is 0.461 e. The third kappa shape index (κ3) is 2.34. The highest BCUT2D eigenvalue weighted by Crippen LogP contribution is 2.21. The number of nitrogens with zero attached hydrogens (tertiary/aromatic N) is 1. The molecule has 0 amide bonds. The molecule has 0 spiro atoms. The van der Waals surface area contributed by atoms with E-state index in [-0.39, 0.29) is 0 Å². The molecule has 0 radical (unpaired) electrons. The van der Waals surface area contributed by atoms with E-state index in [0.717, 1.165) is 17.6 Å². The molecular weight excluding hydrogens is 209 g/mol. The average molecular weight is 219 g/mol. The van der Waals surface area contributed by atoms with Crippen molar-refractivity contribution in [1.82, 2.24) is 4.98 Å². The van der Waals surface area contributed by atoms with Crippen molar-refractivity contribution in [1.29, 1.82) is 0 Å². The number of hydrogen-bond donors (Lipinski definition) is 0. The Morgan fingerprint density at radius 1 is 1.31 bits per heavy atom. The van der Waals surface area contributed by atoms with Gasteiger partial charge in [-0.15, -0.1) is 0 Å². The molecular formula is C12H10FNO2. The molecule has 0 N–H and O–H groups in total. The van der Waals surface area contributed by atoms with Gasteiger partial charge in [0.15, 0.2) is 0 Å². The first-order chi connectivity index (χ1) is 7.79. The smallest absolute Gasteiger partial charge is 0.212 e. The predicted octanol–water partition coefficient (Wildman–Crippen LogP) is 2.61. The number of rotatable bonds is 4. The summed E-state index contributed by atoms with van der Waals surface area (Å²) in [6.07, 6.45) is 3.28. The van der Waals surface area contributed by atoms with Crippen LogP contribution in [0.15, 0.2) is 34.9 Å². The van der Waals surface area contributed by atoms with Crippen molar-refractivity contribution in [3.8, 4) is 11.3 Å². The number of aldehydes is 1. The normalized spacial score (nSPS) is 10.3. The van der Waals surface area contributed by atoms with E-state index >= 15 is 0 Å². The Labute approximate surface area is 91.9 Å². The van der Waals surface area contributed by atoms with Crippen LogP contribution < -0.4 is 0 Å². The van der Waals surface area contributed by atoms with Crippen LogP contribution in [0, 0.1) is 5.95 Å². The zero-order valence-electron chi connectivity index (χ0n) is 8.52. The van der Waals surface area contributed by atoms with Gasteiger partial charge in [-0.05, 0) is 24.3 Å². The van der Waals surface area contributed by atoms with Crippen molar-refractivity contribution in [2.24, 2.45) is 0 Å². The van der Waals surface area contributed by atoms with Crippen LogP contribution in [0.2, 0.25) is 0 Å². The van der Waals surface area contributed by atoms with E-state index in [4.69, 9.17) is 4.42 Å². The van der Waals surface area contributed by atoms with Gasteiger partial charge in [0.05, 0.1) is 0 Å². The van der Waals surface area contributed by atoms with E-state index in [9.17, 15) is 9.18 Å². The second-order valence-corrected chi connectivity index (χ2v) is 3.34. The number of aryl methyl sites for hydroxylation is 1. The maximum atomic E-state index is 12.6. The minimum atomic E-state index is -0.517. The molecule has 0 atom stereocenters. The summed E-state index contributed by atoms with van der Waals surface area (Å²) in [5, 5.41) is 0. The fraction of sp³-hybridized carbons (Fsp3) is 0.167. The van der Waals surface area contributed by atoms with Crippen LogP contribution >= 0.6 is 0 Å². The summed E-state index contributed by atoms with van der Waals surface area (Å²) in [7, 11) is 0. The highest BCUT2D eigenvalue weighted by Gasteiger charge is 2.05. The zero-order chi connectivity index (χ0) is 11.4. The molecule has 0 aliphatic heterocycles. The van der Waals surface area contributed by atoms with E-state index in [1.165, 1.54) is 12.3 Å². The molecule has 2 aromatic rings. The van der Waals surface area contributed by atoms with Crippen LogP contribution in [0.25, 0.3) is 11.3 Å². The molecule has 3 nitrogen and oxygen atoms in total. The Morgan fingerprint density at radius 2 is 2.19 bits per heavy atom. The van der Waals surface area contributed by atoms with Crippen molar-refractivity contribution in [2.75, 3.05) is 0 Å². The number of aromatic nitrogens is 1. The maximum absolute atomic E-state index is 12.6.